The minimum absolute atomic E-state index is 0.0236. The van der Waals surface area contributed by atoms with E-state index in [9.17, 15) is 4.79 Å². The molecule has 6 heteroatoms. The van der Waals surface area contributed by atoms with Crippen LogP contribution in [0.2, 0.25) is 0 Å². The fourth-order valence-electron chi connectivity index (χ4n) is 3.60. The first-order valence-electron chi connectivity index (χ1n) is 7.87. The Hall–Kier alpha value is -1.50. The van der Waals surface area contributed by atoms with Crippen molar-refractivity contribution in [3.05, 3.63) is 29.3 Å². The van der Waals surface area contributed by atoms with E-state index in [1.807, 2.05) is 36.3 Å². The van der Waals surface area contributed by atoms with Gasteiger partial charge in [-0.2, -0.15) is 0 Å². The van der Waals surface area contributed by atoms with Gasteiger partial charge in [-0.05, 0) is 31.4 Å². The molecule has 1 atom stereocenters. The van der Waals surface area contributed by atoms with Crippen LogP contribution in [0.15, 0.2) is 23.7 Å². The summed E-state index contributed by atoms with van der Waals surface area (Å²) in [5, 5.41) is 1.99. The lowest BCUT2D eigenvalue weighted by Crippen LogP contribution is -2.61. The molecule has 0 aromatic carbocycles. The van der Waals surface area contributed by atoms with Gasteiger partial charge in [-0.15, -0.1) is 11.3 Å². The van der Waals surface area contributed by atoms with Crippen molar-refractivity contribution < 1.29 is 14.3 Å². The molecule has 5 nitrogen and oxygen atoms in total. The maximum atomic E-state index is 13.0. The van der Waals surface area contributed by atoms with Crippen molar-refractivity contribution in [2.24, 2.45) is 0 Å². The number of amides is 1. The van der Waals surface area contributed by atoms with Crippen LogP contribution in [0, 0.1) is 0 Å². The topological polar surface area (TPSA) is 51.7 Å². The summed E-state index contributed by atoms with van der Waals surface area (Å²) < 4.78 is 12.8. The van der Waals surface area contributed by atoms with Gasteiger partial charge < -0.3 is 14.4 Å². The molecule has 1 amide bonds. The van der Waals surface area contributed by atoms with Gasteiger partial charge in [-0.1, -0.05) is 0 Å². The molecule has 2 aromatic heterocycles. The number of nitrogens with zero attached hydrogens (tertiary/aromatic N) is 2. The van der Waals surface area contributed by atoms with Crippen molar-refractivity contribution in [3.8, 4) is 0 Å². The van der Waals surface area contributed by atoms with Crippen molar-refractivity contribution in [1.29, 1.82) is 0 Å². The molecule has 4 rings (SSSR count). The molecular formula is C17H20N2O3S. The normalized spacial score (nSPS) is 27.0. The molecule has 0 N–H and O–H groups in total. The van der Waals surface area contributed by atoms with Crippen molar-refractivity contribution >= 4 is 27.5 Å². The Balaban J connectivity index is 1.63. The van der Waals surface area contributed by atoms with Gasteiger partial charge in [0.2, 0.25) is 0 Å². The average Bonchev–Trinajstić information content (AvgIpc) is 3.13. The Bertz CT molecular complexity index is 749. The monoisotopic (exact) mass is 332 g/mol. The molecule has 2 fully saturated rings. The van der Waals surface area contributed by atoms with Gasteiger partial charge in [0.1, 0.15) is 5.60 Å². The summed E-state index contributed by atoms with van der Waals surface area (Å²) in [4.78, 5) is 19.3. The lowest BCUT2D eigenvalue weighted by molar-refractivity contribution is -0.186. The second-order valence-corrected chi connectivity index (χ2v) is 7.98. The van der Waals surface area contributed by atoms with Gasteiger partial charge in [0.05, 0.1) is 34.5 Å². The minimum Gasteiger partial charge on any atom is -0.378 e. The SMILES string of the molecule is CC1(C)CN(C(=O)c2cnc3ccsc3c2)CC2(CCOC2)O1. The average molecular weight is 332 g/mol. The maximum Gasteiger partial charge on any atom is 0.255 e. The molecule has 4 heterocycles. The Morgan fingerprint density at radius 1 is 1.39 bits per heavy atom. The zero-order valence-electron chi connectivity index (χ0n) is 13.4. The Morgan fingerprint density at radius 3 is 3.04 bits per heavy atom. The van der Waals surface area contributed by atoms with Gasteiger partial charge >= 0.3 is 0 Å². The summed E-state index contributed by atoms with van der Waals surface area (Å²) in [5.74, 6) is 0.0236. The number of ether oxygens (including phenoxy) is 2. The molecule has 0 radical (unpaired) electrons. The van der Waals surface area contributed by atoms with Crippen LogP contribution >= 0.6 is 11.3 Å². The largest absolute Gasteiger partial charge is 0.378 e. The zero-order chi connectivity index (χ0) is 16.1. The summed E-state index contributed by atoms with van der Waals surface area (Å²) in [5.41, 5.74) is 0.848. The van der Waals surface area contributed by atoms with E-state index < -0.39 is 0 Å². The number of hydrogen-bond acceptors (Lipinski definition) is 5. The molecule has 2 aromatic rings. The van der Waals surface area contributed by atoms with E-state index in [2.05, 4.69) is 4.98 Å². The molecule has 0 bridgehead atoms. The van der Waals surface area contributed by atoms with E-state index in [0.717, 1.165) is 16.6 Å². The quantitative estimate of drug-likeness (QED) is 0.806. The van der Waals surface area contributed by atoms with Crippen LogP contribution in [-0.4, -0.2) is 53.3 Å². The number of carbonyl (C=O) groups is 1. The summed E-state index contributed by atoms with van der Waals surface area (Å²) in [6.45, 7) is 6.48. The fourth-order valence-corrected chi connectivity index (χ4v) is 4.38. The van der Waals surface area contributed by atoms with Crippen LogP contribution in [0.5, 0.6) is 0 Å². The van der Waals surface area contributed by atoms with Crippen LogP contribution in [0.1, 0.15) is 30.6 Å². The van der Waals surface area contributed by atoms with Crippen LogP contribution in [-0.2, 0) is 9.47 Å². The highest BCUT2D eigenvalue weighted by Gasteiger charge is 2.48. The molecule has 0 aliphatic carbocycles. The van der Waals surface area contributed by atoms with Crippen molar-refractivity contribution in [1.82, 2.24) is 9.88 Å². The second-order valence-electron chi connectivity index (χ2n) is 7.04. The van der Waals surface area contributed by atoms with Crippen LogP contribution < -0.4 is 0 Å². The van der Waals surface area contributed by atoms with E-state index in [-0.39, 0.29) is 17.1 Å². The number of carbonyl (C=O) groups excluding carboxylic acids is 1. The smallest absolute Gasteiger partial charge is 0.255 e. The summed E-state index contributed by atoms with van der Waals surface area (Å²) in [6, 6.07) is 3.91. The number of thiophene rings is 1. The lowest BCUT2D eigenvalue weighted by Gasteiger charge is -2.48. The summed E-state index contributed by atoms with van der Waals surface area (Å²) >= 11 is 1.61. The number of aromatic nitrogens is 1. The van der Waals surface area contributed by atoms with Gasteiger partial charge in [-0.3, -0.25) is 9.78 Å². The maximum absolute atomic E-state index is 13.0. The van der Waals surface area contributed by atoms with Crippen LogP contribution in [0.4, 0.5) is 0 Å². The Morgan fingerprint density at radius 2 is 2.26 bits per heavy atom. The number of hydrogen-bond donors (Lipinski definition) is 0. The zero-order valence-corrected chi connectivity index (χ0v) is 14.2. The lowest BCUT2D eigenvalue weighted by atomic mass is 9.94. The van der Waals surface area contributed by atoms with Gasteiger partial charge in [-0.25, -0.2) is 0 Å². The Labute approximate surface area is 139 Å². The number of rotatable bonds is 1. The van der Waals surface area contributed by atoms with Gasteiger partial charge in [0, 0.05) is 25.8 Å². The highest BCUT2D eigenvalue weighted by Crippen LogP contribution is 2.35. The highest BCUT2D eigenvalue weighted by molar-refractivity contribution is 7.17. The van der Waals surface area contributed by atoms with Crippen molar-refractivity contribution in [2.45, 2.75) is 31.5 Å². The number of pyridine rings is 1. The molecule has 23 heavy (non-hydrogen) atoms. The standard InChI is InChI=1S/C17H20N2O3S/c1-16(2)9-19(10-17(22-16)4-5-21-11-17)15(20)12-7-14-13(18-8-12)3-6-23-14/h3,6-8H,4-5,9-11H2,1-2H3. The van der Waals surface area contributed by atoms with Crippen LogP contribution in [0.3, 0.4) is 0 Å². The third-order valence-corrected chi connectivity index (χ3v) is 5.30. The predicted molar refractivity (Wildman–Crippen MR) is 88.9 cm³/mol. The first kappa shape index (κ1) is 15.1. The summed E-state index contributed by atoms with van der Waals surface area (Å²) in [6.07, 6.45) is 2.51. The second kappa shape index (κ2) is 5.26. The molecular weight excluding hydrogens is 312 g/mol. The van der Waals surface area contributed by atoms with Gasteiger partial charge in [0.15, 0.2) is 0 Å². The highest BCUT2D eigenvalue weighted by atomic mass is 32.1. The third kappa shape index (κ3) is 2.75. The Kier molecular flexibility index (Phi) is 3.44. The van der Waals surface area contributed by atoms with Gasteiger partial charge in [0.25, 0.3) is 5.91 Å². The van der Waals surface area contributed by atoms with E-state index in [0.29, 0.717) is 31.9 Å². The van der Waals surface area contributed by atoms with E-state index in [1.165, 1.54) is 0 Å². The first-order valence-corrected chi connectivity index (χ1v) is 8.75. The van der Waals surface area contributed by atoms with E-state index in [1.54, 1.807) is 17.5 Å². The predicted octanol–water partition coefficient (Wildman–Crippen LogP) is 2.71. The van der Waals surface area contributed by atoms with Crippen LogP contribution in [0.25, 0.3) is 10.2 Å². The minimum atomic E-state index is -0.373. The number of morpholine rings is 1. The number of fused-ring (bicyclic) bond motifs is 1. The molecule has 1 unspecified atom stereocenters. The molecule has 122 valence electrons. The molecule has 2 saturated heterocycles. The third-order valence-electron chi connectivity index (χ3n) is 4.45. The molecule has 0 saturated carbocycles. The van der Waals surface area contributed by atoms with E-state index in [4.69, 9.17) is 9.47 Å². The van der Waals surface area contributed by atoms with Crippen molar-refractivity contribution in [2.75, 3.05) is 26.3 Å². The van der Waals surface area contributed by atoms with E-state index >= 15 is 0 Å². The fraction of sp³-hybridized carbons (Fsp3) is 0.529. The van der Waals surface area contributed by atoms with Crippen molar-refractivity contribution in [3.63, 3.8) is 0 Å². The first-order chi connectivity index (χ1) is 11.0. The summed E-state index contributed by atoms with van der Waals surface area (Å²) in [7, 11) is 0. The molecule has 2 aliphatic heterocycles. The molecule has 1 spiro atoms. The molecule has 2 aliphatic rings.